The number of nitrogens with zero attached hydrogens (tertiary/aromatic N) is 2. The fraction of sp³-hybridized carbons (Fsp3) is 0.154. The second-order valence-electron chi connectivity index (χ2n) is 3.99. The number of aromatic amines is 1. The van der Waals surface area contributed by atoms with Crippen LogP contribution >= 0.6 is 11.6 Å². The molecule has 19 heavy (non-hydrogen) atoms. The third kappa shape index (κ3) is 3.20. The number of nitrogens with one attached hydrogen (secondary N) is 1. The number of hydrogen-bond donors (Lipinski definition) is 2. The second kappa shape index (κ2) is 5.67. The number of halogens is 1. The van der Waals surface area contributed by atoms with E-state index in [0.29, 0.717) is 5.69 Å². The van der Waals surface area contributed by atoms with Crippen molar-refractivity contribution in [3.05, 3.63) is 52.8 Å². The number of rotatable bonds is 4. The molecule has 1 atom stereocenters. The van der Waals surface area contributed by atoms with Crippen LogP contribution < -0.4 is 0 Å². The molecule has 1 heterocycles. The minimum Gasteiger partial charge on any atom is -0.478 e. The molecular weight excluding hydrogens is 266 g/mol. The molecule has 0 saturated carbocycles. The van der Waals surface area contributed by atoms with E-state index in [1.165, 1.54) is 12.1 Å². The van der Waals surface area contributed by atoms with Crippen molar-refractivity contribution in [1.82, 2.24) is 4.98 Å². The van der Waals surface area contributed by atoms with Crippen LogP contribution in [-0.2, 0) is 0 Å². The lowest BCUT2D eigenvalue weighted by Gasteiger charge is -2.02. The van der Waals surface area contributed by atoms with E-state index in [1.54, 1.807) is 6.07 Å². The van der Waals surface area contributed by atoms with Crippen LogP contribution in [0.1, 0.15) is 29.0 Å². The molecule has 0 amide bonds. The van der Waals surface area contributed by atoms with Gasteiger partial charge in [0.05, 0.1) is 16.3 Å². The van der Waals surface area contributed by atoms with Gasteiger partial charge in [0, 0.05) is 11.9 Å². The van der Waals surface area contributed by atoms with E-state index in [4.69, 9.17) is 16.7 Å². The average molecular weight is 278 g/mol. The summed E-state index contributed by atoms with van der Waals surface area (Å²) in [4.78, 5) is 14.0. The first-order valence-electron chi connectivity index (χ1n) is 5.65. The Kier molecular flexibility index (Phi) is 3.97. The van der Waals surface area contributed by atoms with E-state index < -0.39 is 5.97 Å². The Hall–Kier alpha value is -2.14. The van der Waals surface area contributed by atoms with Crippen molar-refractivity contribution in [2.24, 2.45) is 10.2 Å². The minimum atomic E-state index is -1.08. The largest absolute Gasteiger partial charge is 0.478 e. The summed E-state index contributed by atoms with van der Waals surface area (Å²) in [7, 11) is 0. The third-order valence-corrected chi connectivity index (χ3v) is 2.93. The number of carboxylic acid groups (broad SMARTS) is 1. The number of azo groups is 1. The first-order valence-corrected chi connectivity index (χ1v) is 6.02. The van der Waals surface area contributed by atoms with Gasteiger partial charge in [-0.1, -0.05) is 11.6 Å². The highest BCUT2D eigenvalue weighted by molar-refractivity contribution is 6.33. The Morgan fingerprint density at radius 1 is 1.42 bits per heavy atom. The third-order valence-electron chi connectivity index (χ3n) is 2.60. The molecule has 0 saturated heterocycles. The quantitative estimate of drug-likeness (QED) is 0.821. The fourth-order valence-electron chi connectivity index (χ4n) is 1.56. The number of H-pyrrole nitrogens is 1. The maximum atomic E-state index is 10.9. The van der Waals surface area contributed by atoms with Gasteiger partial charge in [-0.05, 0) is 37.3 Å². The molecule has 0 aliphatic rings. The van der Waals surface area contributed by atoms with Crippen LogP contribution in [0.5, 0.6) is 0 Å². The van der Waals surface area contributed by atoms with Crippen LogP contribution in [0.15, 0.2) is 46.8 Å². The van der Waals surface area contributed by atoms with E-state index >= 15 is 0 Å². The van der Waals surface area contributed by atoms with Gasteiger partial charge >= 0.3 is 5.97 Å². The summed E-state index contributed by atoms with van der Waals surface area (Å²) in [5.41, 5.74) is 1.42. The summed E-state index contributed by atoms with van der Waals surface area (Å²) in [6, 6.07) is 8.19. The van der Waals surface area contributed by atoms with Crippen molar-refractivity contribution in [3.63, 3.8) is 0 Å². The van der Waals surface area contributed by atoms with E-state index in [1.807, 2.05) is 25.3 Å². The smallest absolute Gasteiger partial charge is 0.337 e. The highest BCUT2D eigenvalue weighted by Gasteiger charge is 2.09. The summed E-state index contributed by atoms with van der Waals surface area (Å²) < 4.78 is 0. The van der Waals surface area contributed by atoms with Gasteiger partial charge in [-0.3, -0.25) is 0 Å². The summed E-state index contributed by atoms with van der Waals surface area (Å²) in [6.07, 6.45) is 1.81. The molecule has 98 valence electrons. The number of aromatic nitrogens is 1. The van der Waals surface area contributed by atoms with E-state index in [0.717, 1.165) is 5.69 Å². The maximum absolute atomic E-state index is 10.9. The van der Waals surface area contributed by atoms with Crippen molar-refractivity contribution in [1.29, 1.82) is 0 Å². The van der Waals surface area contributed by atoms with E-state index in [-0.39, 0.29) is 16.6 Å². The molecule has 6 heteroatoms. The summed E-state index contributed by atoms with van der Waals surface area (Å²) in [6.45, 7) is 1.89. The molecule has 5 nitrogen and oxygen atoms in total. The molecule has 0 fully saturated rings. The van der Waals surface area contributed by atoms with Gasteiger partial charge in [0.15, 0.2) is 0 Å². The summed E-state index contributed by atoms with van der Waals surface area (Å²) in [5.74, 6) is -1.08. The van der Waals surface area contributed by atoms with Gasteiger partial charge < -0.3 is 10.1 Å². The molecule has 0 radical (unpaired) electrons. The van der Waals surface area contributed by atoms with Crippen molar-refractivity contribution >= 4 is 23.3 Å². The van der Waals surface area contributed by atoms with Crippen molar-refractivity contribution in [2.75, 3.05) is 0 Å². The van der Waals surface area contributed by atoms with Gasteiger partial charge in [-0.25, -0.2) is 4.79 Å². The van der Waals surface area contributed by atoms with Crippen LogP contribution in [0, 0.1) is 0 Å². The molecule has 1 unspecified atom stereocenters. The van der Waals surface area contributed by atoms with Gasteiger partial charge in [0.1, 0.15) is 6.04 Å². The lowest BCUT2D eigenvalue weighted by atomic mass is 10.2. The van der Waals surface area contributed by atoms with Crippen LogP contribution in [0.25, 0.3) is 0 Å². The van der Waals surface area contributed by atoms with E-state index in [2.05, 4.69) is 15.2 Å². The molecule has 0 aliphatic carbocycles. The Bertz CT molecular complexity index is 608. The average Bonchev–Trinajstić information content (AvgIpc) is 2.91. The standard InChI is InChI=1S/C13H12ClN3O2/c1-8(12-3-2-6-15-12)16-17-9-4-5-11(14)10(7-9)13(18)19/h2-8,15H,1H3,(H,18,19). The lowest BCUT2D eigenvalue weighted by molar-refractivity contribution is 0.0697. The fourth-order valence-corrected chi connectivity index (χ4v) is 1.76. The molecule has 2 N–H and O–H groups in total. The monoisotopic (exact) mass is 277 g/mol. The first kappa shape index (κ1) is 13.3. The molecule has 0 spiro atoms. The first-order chi connectivity index (χ1) is 9.08. The van der Waals surface area contributed by atoms with Crippen molar-refractivity contribution in [2.45, 2.75) is 13.0 Å². The van der Waals surface area contributed by atoms with Crippen molar-refractivity contribution < 1.29 is 9.90 Å². The molecule has 0 aliphatic heterocycles. The van der Waals surface area contributed by atoms with Crippen LogP contribution in [-0.4, -0.2) is 16.1 Å². The second-order valence-corrected chi connectivity index (χ2v) is 4.39. The van der Waals surface area contributed by atoms with Crippen LogP contribution in [0.2, 0.25) is 5.02 Å². The van der Waals surface area contributed by atoms with Gasteiger partial charge in [0.25, 0.3) is 0 Å². The number of carbonyl (C=O) groups is 1. The topological polar surface area (TPSA) is 77.8 Å². The lowest BCUT2D eigenvalue weighted by Crippen LogP contribution is -1.96. The summed E-state index contributed by atoms with van der Waals surface area (Å²) in [5, 5.41) is 17.3. The highest BCUT2D eigenvalue weighted by Crippen LogP contribution is 2.24. The summed E-state index contributed by atoms with van der Waals surface area (Å²) >= 11 is 5.78. The molecular formula is C13H12ClN3O2. The van der Waals surface area contributed by atoms with Gasteiger partial charge in [-0.15, -0.1) is 0 Å². The number of benzene rings is 1. The Labute approximate surface area is 114 Å². The molecule has 2 rings (SSSR count). The van der Waals surface area contributed by atoms with Crippen LogP contribution in [0.3, 0.4) is 0 Å². The SMILES string of the molecule is CC(N=Nc1ccc(Cl)c(C(=O)O)c1)c1ccc[nH]1. The number of carboxylic acids is 1. The minimum absolute atomic E-state index is 0.0191. The van der Waals surface area contributed by atoms with Gasteiger partial charge in [-0.2, -0.15) is 10.2 Å². The predicted octanol–water partition coefficient (Wildman–Crippen LogP) is 4.21. The predicted molar refractivity (Wildman–Crippen MR) is 72.1 cm³/mol. The molecule has 0 bridgehead atoms. The van der Waals surface area contributed by atoms with Gasteiger partial charge in [0.2, 0.25) is 0 Å². The molecule has 1 aromatic heterocycles. The molecule has 2 aromatic rings. The zero-order valence-electron chi connectivity index (χ0n) is 10.2. The zero-order valence-corrected chi connectivity index (χ0v) is 10.9. The number of aromatic carboxylic acids is 1. The maximum Gasteiger partial charge on any atom is 0.337 e. The Morgan fingerprint density at radius 3 is 2.84 bits per heavy atom. The zero-order chi connectivity index (χ0) is 13.8. The number of hydrogen-bond acceptors (Lipinski definition) is 3. The molecule has 1 aromatic carbocycles. The normalized spacial score (nSPS) is 12.7. The van der Waals surface area contributed by atoms with E-state index in [9.17, 15) is 4.79 Å². The van der Waals surface area contributed by atoms with Crippen molar-refractivity contribution in [3.8, 4) is 0 Å². The highest BCUT2D eigenvalue weighted by atomic mass is 35.5. The van der Waals surface area contributed by atoms with Crippen LogP contribution in [0.4, 0.5) is 5.69 Å². The Morgan fingerprint density at radius 2 is 2.21 bits per heavy atom. The Balaban J connectivity index is 2.19.